The number of hydrogen-bond donors (Lipinski definition) is 9. The zero-order chi connectivity index (χ0) is 49.2. The summed E-state index contributed by atoms with van der Waals surface area (Å²) in [5, 5.41) is 23.0. The van der Waals surface area contributed by atoms with Crippen LogP contribution in [0.5, 0.6) is 0 Å². The van der Waals surface area contributed by atoms with Gasteiger partial charge in [-0.05, 0) is 67.3 Å². The van der Waals surface area contributed by atoms with E-state index in [9.17, 15) is 33.6 Å². The van der Waals surface area contributed by atoms with Crippen molar-refractivity contribution < 1.29 is 38.4 Å². The minimum atomic E-state index is -1.58. The Morgan fingerprint density at radius 2 is 1.62 bits per heavy atom. The van der Waals surface area contributed by atoms with Gasteiger partial charge in [0, 0.05) is 55.6 Å². The van der Waals surface area contributed by atoms with Gasteiger partial charge in [-0.2, -0.15) is 0 Å². The summed E-state index contributed by atoms with van der Waals surface area (Å²) in [7, 11) is 0. The molecular weight excluding hydrogens is 875 g/mol. The van der Waals surface area contributed by atoms with Gasteiger partial charge in [0.1, 0.15) is 30.2 Å². The van der Waals surface area contributed by atoms with Crippen LogP contribution in [0.2, 0.25) is 0 Å². The number of para-hydroxylation sites is 1. The number of nitrogens with zero attached hydrogens (tertiary/aromatic N) is 4. The Labute approximate surface area is 393 Å². The summed E-state index contributed by atoms with van der Waals surface area (Å²) < 4.78 is 1.60. The number of aromatic nitrogens is 4. The molecule has 2 saturated heterocycles. The van der Waals surface area contributed by atoms with E-state index < -0.39 is 108 Å². The lowest BCUT2D eigenvalue weighted by Gasteiger charge is -2.33. The van der Waals surface area contributed by atoms with Gasteiger partial charge in [-0.1, -0.05) is 61.9 Å². The van der Waals surface area contributed by atoms with Gasteiger partial charge in [-0.15, -0.1) is 5.10 Å². The van der Waals surface area contributed by atoms with Gasteiger partial charge in [0.25, 0.3) is 0 Å². The predicted molar refractivity (Wildman–Crippen MR) is 250 cm³/mol. The maximum Gasteiger partial charge on any atom is 0.246 e. The standard InChI is InChI=1S/C47H63N13O8/c1-5-25(2)41-47(68)59-24-31(60-23-30(57-58-60)17-28-14-13-26(3)27(4)16-28)19-38(59)46(67)55-36(18-29-22-52-34-11-7-6-10-32(29)34)44(65)53-35(42(50)63)12-8-9-15-51-40(62)20-33(48)43(64)54-37(21-39(49)61)45(66)56-41/h6-7,10-11,13-14,16,22-23,25,31,33,35-38,41,52H,5,8-9,12,15,17-21,24,48H2,1-4H3,(H2,49,61)(H2,50,63)(H,51,62)(H,53,65)(H,54,64)(H,55,67)(H,56,66)/t25-,31-,33-,35-,36-,37-,38-,41-/m0/s1. The van der Waals surface area contributed by atoms with E-state index in [-0.39, 0.29) is 32.4 Å². The molecule has 4 heterocycles. The zero-order valence-corrected chi connectivity index (χ0v) is 38.9. The lowest BCUT2D eigenvalue weighted by molar-refractivity contribution is -0.143. The molecule has 21 heteroatoms. The molecule has 8 amide bonds. The number of H-pyrrole nitrogens is 1. The van der Waals surface area contributed by atoms with E-state index in [0.717, 1.165) is 27.6 Å². The predicted octanol–water partition coefficient (Wildman–Crippen LogP) is -0.285. The number of nitrogens with two attached hydrogens (primary N) is 3. The number of aromatic amines is 1. The molecule has 2 aliphatic rings. The van der Waals surface area contributed by atoms with Crippen LogP contribution in [0.25, 0.3) is 10.9 Å². The molecule has 2 fully saturated rings. The summed E-state index contributed by atoms with van der Waals surface area (Å²) >= 11 is 0. The average Bonchev–Trinajstić information content (AvgIpc) is 4.06. The van der Waals surface area contributed by atoms with Gasteiger partial charge in [0.15, 0.2) is 0 Å². The van der Waals surface area contributed by atoms with Crippen LogP contribution >= 0.6 is 0 Å². The SMILES string of the molecule is CC[C@H](C)[C@@H]1NC(=O)[C@H](CC(N)=O)NC(=O)[C@@H](N)CC(=O)NCCCC[C@@H](C(N)=O)NC(=O)[C@H](Cc2c[nH]c3ccccc23)NC(=O)[C@@H]2C[C@H](n3cc(Cc4ccc(C)c(C)c4)nn3)CN2C1=O. The zero-order valence-electron chi connectivity index (χ0n) is 38.9. The van der Waals surface area contributed by atoms with Crippen LogP contribution < -0.4 is 43.8 Å². The van der Waals surface area contributed by atoms with Crippen LogP contribution in [-0.2, 0) is 51.2 Å². The van der Waals surface area contributed by atoms with Crippen molar-refractivity contribution in [3.63, 3.8) is 0 Å². The van der Waals surface area contributed by atoms with Crippen molar-refractivity contribution in [2.45, 2.75) is 128 Å². The Hall–Kier alpha value is -7.16. The minimum Gasteiger partial charge on any atom is -0.370 e. The van der Waals surface area contributed by atoms with Crippen molar-refractivity contribution in [3.05, 3.63) is 82.8 Å². The number of carbonyl (C=O) groups is 8. The van der Waals surface area contributed by atoms with E-state index >= 15 is 4.79 Å². The number of hydrogen-bond acceptors (Lipinski definition) is 11. The highest BCUT2D eigenvalue weighted by atomic mass is 16.2. The van der Waals surface area contributed by atoms with E-state index in [1.807, 2.05) is 50.2 Å². The topological polar surface area (TPSA) is 325 Å². The van der Waals surface area contributed by atoms with Crippen LogP contribution in [0.15, 0.2) is 54.9 Å². The van der Waals surface area contributed by atoms with Gasteiger partial charge in [0.2, 0.25) is 47.3 Å². The van der Waals surface area contributed by atoms with E-state index in [1.54, 1.807) is 30.9 Å². The molecular formula is C47H63N13O8. The summed E-state index contributed by atoms with van der Waals surface area (Å²) in [6.07, 6.45) is 4.00. The summed E-state index contributed by atoms with van der Waals surface area (Å²) in [4.78, 5) is 114. The highest BCUT2D eigenvalue weighted by molar-refractivity contribution is 5.99. The smallest absolute Gasteiger partial charge is 0.246 e. The first kappa shape index (κ1) is 50.3. The van der Waals surface area contributed by atoms with E-state index in [2.05, 4.69) is 47.9 Å². The highest BCUT2D eigenvalue weighted by Crippen LogP contribution is 2.30. The normalized spacial score (nSPS) is 24.5. The molecule has 0 unspecified atom stereocenters. The summed E-state index contributed by atoms with van der Waals surface area (Å²) in [6, 6.07) is 5.01. The number of benzene rings is 2. The van der Waals surface area contributed by atoms with Crippen LogP contribution in [-0.4, -0.2) is 121 Å². The highest BCUT2D eigenvalue weighted by Gasteiger charge is 2.45. The fraction of sp³-hybridized carbons (Fsp3) is 0.489. The summed E-state index contributed by atoms with van der Waals surface area (Å²) in [6.45, 7) is 7.65. The third-order valence-electron chi connectivity index (χ3n) is 12.9. The molecule has 12 N–H and O–H groups in total. The molecule has 21 nitrogen and oxygen atoms in total. The third kappa shape index (κ3) is 12.6. The van der Waals surface area contributed by atoms with E-state index in [1.165, 1.54) is 4.90 Å². The molecule has 8 atom stereocenters. The van der Waals surface area contributed by atoms with Gasteiger partial charge in [-0.25, -0.2) is 4.68 Å². The number of primary amides is 2. The molecule has 2 aromatic carbocycles. The molecule has 6 rings (SSSR count). The number of fused-ring (bicyclic) bond motifs is 2. The molecule has 2 aromatic heterocycles. The van der Waals surface area contributed by atoms with E-state index in [0.29, 0.717) is 36.9 Å². The van der Waals surface area contributed by atoms with Crippen molar-refractivity contribution in [1.82, 2.24) is 51.5 Å². The van der Waals surface area contributed by atoms with Gasteiger partial charge in [-0.3, -0.25) is 38.4 Å². The lowest BCUT2D eigenvalue weighted by atomic mass is 9.96. The first-order valence-electron chi connectivity index (χ1n) is 23.1. The van der Waals surface area contributed by atoms with Crippen molar-refractivity contribution >= 4 is 58.2 Å². The first-order valence-corrected chi connectivity index (χ1v) is 23.1. The van der Waals surface area contributed by atoms with Crippen molar-refractivity contribution in [2.75, 3.05) is 13.1 Å². The Kier molecular flexibility index (Phi) is 16.7. The molecule has 0 radical (unpaired) electrons. The first-order chi connectivity index (χ1) is 32.4. The molecule has 0 saturated carbocycles. The Balaban J connectivity index is 1.38. The third-order valence-corrected chi connectivity index (χ3v) is 12.9. The number of nitrogens with one attached hydrogen (secondary N) is 6. The monoisotopic (exact) mass is 937 g/mol. The second-order valence-electron chi connectivity index (χ2n) is 18.0. The molecule has 364 valence electrons. The maximum atomic E-state index is 15.0. The van der Waals surface area contributed by atoms with Crippen LogP contribution in [0.1, 0.15) is 92.8 Å². The number of rotatable bonds is 10. The second kappa shape index (κ2) is 22.6. The fourth-order valence-electron chi connectivity index (χ4n) is 8.62. The molecule has 68 heavy (non-hydrogen) atoms. The van der Waals surface area contributed by atoms with Crippen LogP contribution in [0.3, 0.4) is 0 Å². The number of amides is 8. The summed E-state index contributed by atoms with van der Waals surface area (Å²) in [5.74, 6) is -6.77. The van der Waals surface area contributed by atoms with E-state index in [4.69, 9.17) is 17.2 Å². The van der Waals surface area contributed by atoms with Crippen LogP contribution in [0.4, 0.5) is 0 Å². The van der Waals surface area contributed by atoms with Crippen molar-refractivity contribution in [2.24, 2.45) is 23.1 Å². The largest absolute Gasteiger partial charge is 0.370 e. The Morgan fingerprint density at radius 3 is 2.34 bits per heavy atom. The minimum absolute atomic E-state index is 0.0191. The molecule has 0 aliphatic carbocycles. The van der Waals surface area contributed by atoms with Crippen molar-refractivity contribution in [3.8, 4) is 0 Å². The molecule has 0 spiro atoms. The van der Waals surface area contributed by atoms with Gasteiger partial charge < -0.3 is 53.7 Å². The maximum absolute atomic E-state index is 15.0. The molecule has 0 bridgehead atoms. The second-order valence-corrected chi connectivity index (χ2v) is 18.0. The number of carbonyl (C=O) groups excluding carboxylic acids is 8. The quantitative estimate of drug-likeness (QED) is 0.0996. The lowest BCUT2D eigenvalue weighted by Crippen LogP contribution is -2.60. The molecule has 4 aromatic rings. The average molecular weight is 938 g/mol. The fourth-order valence-corrected chi connectivity index (χ4v) is 8.62. The Bertz CT molecular complexity index is 2520. The van der Waals surface area contributed by atoms with Crippen LogP contribution in [0, 0.1) is 19.8 Å². The van der Waals surface area contributed by atoms with Gasteiger partial charge >= 0.3 is 0 Å². The van der Waals surface area contributed by atoms with Crippen molar-refractivity contribution in [1.29, 1.82) is 0 Å². The number of aryl methyl sites for hydroxylation is 2. The molecule has 2 aliphatic heterocycles. The van der Waals surface area contributed by atoms with Gasteiger partial charge in [0.05, 0.1) is 30.6 Å². The Morgan fingerprint density at radius 1 is 0.882 bits per heavy atom. The summed E-state index contributed by atoms with van der Waals surface area (Å²) in [5.41, 5.74) is 22.8.